The number of carbonyl (C=O) groups is 1. The monoisotopic (exact) mass is 684 g/mol. The van der Waals surface area contributed by atoms with E-state index in [0.717, 1.165) is 5.56 Å². The number of phenolic OH excluding ortho intramolecular Hbond substituents is 1. The third-order valence-electron chi connectivity index (χ3n) is 8.88. The van der Waals surface area contributed by atoms with E-state index in [2.05, 4.69) is 10.6 Å². The number of aromatic hydroxyl groups is 1. The Morgan fingerprint density at radius 3 is 2.61 bits per heavy atom. The number of phenols is 1. The normalized spacial score (nSPS) is 27.5. The number of likely N-dealkylation sites (N-methyl/N-ethyl adjacent to an activating group) is 1. The SMILES string of the molecule is CNC[C@]1(C(=O)O)O[C@@H](Oc2cc3c(c(-c4cccc(O)c4)c2)[C@@H]2Oc4c(ccc(OCNC[C@H](C)O)c4OC)[C@@H]2CO3)[C@H](O)[C@@H](O)[C@@H]1O. The van der Waals surface area contributed by atoms with Crippen molar-refractivity contribution in [2.24, 2.45) is 0 Å². The number of fused-ring (bicyclic) bond motifs is 5. The molecule has 49 heavy (non-hydrogen) atoms. The zero-order chi connectivity index (χ0) is 35.0. The average molecular weight is 685 g/mol. The molecule has 0 aromatic heterocycles. The second kappa shape index (κ2) is 13.9. The first kappa shape index (κ1) is 34.5. The van der Waals surface area contributed by atoms with Crippen LogP contribution in [-0.2, 0) is 9.53 Å². The number of hydrogen-bond acceptors (Lipinski definition) is 14. The minimum Gasteiger partial charge on any atom is -0.508 e. The van der Waals surface area contributed by atoms with Crippen LogP contribution in [0.4, 0.5) is 0 Å². The zero-order valence-electron chi connectivity index (χ0n) is 27.0. The van der Waals surface area contributed by atoms with Crippen LogP contribution in [0, 0.1) is 0 Å². The number of carboxylic acid groups (broad SMARTS) is 1. The molecule has 0 bridgehead atoms. The fourth-order valence-electron chi connectivity index (χ4n) is 6.52. The van der Waals surface area contributed by atoms with E-state index in [1.807, 2.05) is 6.07 Å². The highest BCUT2D eigenvalue weighted by atomic mass is 16.7. The van der Waals surface area contributed by atoms with Crippen molar-refractivity contribution in [3.63, 3.8) is 0 Å². The van der Waals surface area contributed by atoms with Gasteiger partial charge in [-0.1, -0.05) is 18.2 Å². The molecule has 3 aliphatic heterocycles. The summed E-state index contributed by atoms with van der Waals surface area (Å²) in [5.41, 5.74) is 0.238. The highest BCUT2D eigenvalue weighted by molar-refractivity contribution is 5.79. The molecule has 8 N–H and O–H groups in total. The minimum absolute atomic E-state index is 0.00408. The van der Waals surface area contributed by atoms with Gasteiger partial charge in [-0.3, -0.25) is 5.32 Å². The molecule has 0 spiro atoms. The van der Waals surface area contributed by atoms with Crippen LogP contribution in [0.3, 0.4) is 0 Å². The second-order valence-electron chi connectivity index (χ2n) is 12.3. The fourth-order valence-corrected chi connectivity index (χ4v) is 6.52. The van der Waals surface area contributed by atoms with E-state index >= 15 is 0 Å². The van der Waals surface area contributed by atoms with E-state index in [1.165, 1.54) is 26.3 Å². The van der Waals surface area contributed by atoms with Crippen LogP contribution in [0.5, 0.6) is 34.5 Å². The molecule has 15 heteroatoms. The maximum absolute atomic E-state index is 12.3. The Morgan fingerprint density at radius 1 is 1.12 bits per heavy atom. The number of methoxy groups -OCH3 is 1. The zero-order valence-corrected chi connectivity index (χ0v) is 27.0. The molecule has 3 aromatic rings. The van der Waals surface area contributed by atoms with Crippen molar-refractivity contribution in [3.05, 3.63) is 59.7 Å². The Labute approximate surface area is 281 Å². The summed E-state index contributed by atoms with van der Waals surface area (Å²) < 4.78 is 36.2. The molecular formula is C34H40N2O13. The van der Waals surface area contributed by atoms with Gasteiger partial charge in [0.05, 0.1) is 25.7 Å². The lowest BCUT2D eigenvalue weighted by Gasteiger charge is -2.45. The first-order chi connectivity index (χ1) is 23.5. The average Bonchev–Trinajstić information content (AvgIpc) is 3.46. The lowest BCUT2D eigenvalue weighted by atomic mass is 9.85. The van der Waals surface area contributed by atoms with E-state index in [-0.39, 0.29) is 30.8 Å². The summed E-state index contributed by atoms with van der Waals surface area (Å²) in [6.07, 6.45) is -8.52. The fraction of sp³-hybridized carbons (Fsp3) is 0.441. The number of benzene rings is 3. The summed E-state index contributed by atoms with van der Waals surface area (Å²) in [7, 11) is 2.96. The number of aliphatic hydroxyl groups is 4. The molecular weight excluding hydrogens is 644 g/mol. The van der Waals surface area contributed by atoms with Crippen LogP contribution in [0.2, 0.25) is 0 Å². The number of hydrogen-bond donors (Lipinski definition) is 8. The van der Waals surface area contributed by atoms with Crippen molar-refractivity contribution in [1.82, 2.24) is 10.6 Å². The summed E-state index contributed by atoms with van der Waals surface area (Å²) in [5.74, 6) is -0.0928. The molecule has 1 saturated heterocycles. The molecule has 0 amide bonds. The highest BCUT2D eigenvalue weighted by Crippen LogP contribution is 2.58. The molecule has 3 aromatic carbocycles. The van der Waals surface area contributed by atoms with Gasteiger partial charge in [0.2, 0.25) is 17.6 Å². The van der Waals surface area contributed by atoms with Crippen molar-refractivity contribution < 1.29 is 63.9 Å². The van der Waals surface area contributed by atoms with Crippen LogP contribution in [0.15, 0.2) is 48.5 Å². The number of aliphatic hydroxyl groups excluding tert-OH is 4. The van der Waals surface area contributed by atoms with E-state index in [0.29, 0.717) is 46.2 Å². The second-order valence-corrected chi connectivity index (χ2v) is 12.3. The summed E-state index contributed by atoms with van der Waals surface area (Å²) in [4.78, 5) is 12.3. The van der Waals surface area contributed by atoms with Crippen LogP contribution in [0.25, 0.3) is 11.1 Å². The number of rotatable bonds is 12. The lowest BCUT2D eigenvalue weighted by molar-refractivity contribution is -0.305. The van der Waals surface area contributed by atoms with Crippen LogP contribution >= 0.6 is 0 Å². The Morgan fingerprint density at radius 2 is 1.92 bits per heavy atom. The maximum Gasteiger partial charge on any atom is 0.340 e. The number of nitrogens with one attached hydrogen (secondary N) is 2. The Bertz CT molecular complexity index is 1690. The van der Waals surface area contributed by atoms with Gasteiger partial charge in [0, 0.05) is 30.3 Å². The largest absolute Gasteiger partial charge is 0.508 e. The maximum atomic E-state index is 12.3. The highest BCUT2D eigenvalue weighted by Gasteiger charge is 2.59. The number of aliphatic carboxylic acids is 1. The molecule has 3 aliphatic rings. The smallest absolute Gasteiger partial charge is 0.340 e. The van der Waals surface area contributed by atoms with E-state index in [1.54, 1.807) is 37.3 Å². The minimum atomic E-state index is -2.33. The van der Waals surface area contributed by atoms with Crippen LogP contribution < -0.4 is 34.3 Å². The summed E-state index contributed by atoms with van der Waals surface area (Å²) >= 11 is 0. The van der Waals surface area contributed by atoms with Gasteiger partial charge in [0.15, 0.2) is 11.5 Å². The van der Waals surface area contributed by atoms with Crippen molar-refractivity contribution in [1.29, 1.82) is 0 Å². The van der Waals surface area contributed by atoms with Crippen molar-refractivity contribution in [3.8, 4) is 45.6 Å². The third kappa shape index (κ3) is 6.30. The first-order valence-corrected chi connectivity index (χ1v) is 15.7. The van der Waals surface area contributed by atoms with Gasteiger partial charge in [-0.25, -0.2) is 4.79 Å². The molecule has 6 rings (SSSR count). The van der Waals surface area contributed by atoms with Crippen molar-refractivity contribution >= 4 is 5.97 Å². The van der Waals surface area contributed by atoms with Crippen molar-refractivity contribution in [2.45, 2.75) is 55.3 Å². The molecule has 0 radical (unpaired) electrons. The number of carboxylic acids is 1. The molecule has 0 aliphatic carbocycles. The topological polar surface area (TPSA) is 218 Å². The van der Waals surface area contributed by atoms with E-state index in [4.69, 9.17) is 28.4 Å². The Hall–Kier alpha value is -4.35. The van der Waals surface area contributed by atoms with Gasteiger partial charge < -0.3 is 64.4 Å². The van der Waals surface area contributed by atoms with E-state index in [9.17, 15) is 35.4 Å². The van der Waals surface area contributed by atoms with Gasteiger partial charge in [0.1, 0.15) is 48.4 Å². The van der Waals surface area contributed by atoms with Gasteiger partial charge in [-0.05, 0) is 49.4 Å². The van der Waals surface area contributed by atoms with E-state index < -0.39 is 54.9 Å². The summed E-state index contributed by atoms with van der Waals surface area (Å²) in [5, 5.41) is 67.6. The quantitative estimate of drug-likeness (QED) is 0.0980. The van der Waals surface area contributed by atoms with Gasteiger partial charge in [-0.15, -0.1) is 0 Å². The molecule has 15 nitrogen and oxygen atoms in total. The van der Waals surface area contributed by atoms with Gasteiger partial charge in [0.25, 0.3) is 0 Å². The summed E-state index contributed by atoms with van der Waals surface area (Å²) in [6, 6.07) is 13.3. The predicted octanol–water partition coefficient (Wildman–Crippen LogP) is 0.845. The van der Waals surface area contributed by atoms with Crippen molar-refractivity contribution in [2.75, 3.05) is 40.6 Å². The summed E-state index contributed by atoms with van der Waals surface area (Å²) in [6.45, 7) is 1.93. The third-order valence-corrected chi connectivity index (χ3v) is 8.88. The predicted molar refractivity (Wildman–Crippen MR) is 171 cm³/mol. The standard InChI is InChI=1S/C34H40N2O13/c1-16(37)12-36-15-46-23-8-7-20-22-13-45-24-11-19(47-32-27(40)26(39)31(41)34(49-32,14-35-2)33(42)43)10-21(17-5-4-6-18(38)9-17)25(24)28(22)48-29(20)30(23)44-3/h4-11,16,22,26-28,31-32,35-41H,12-15H2,1-3H3,(H,42,43)/t16-,22-,26+,27+,28+,31-,32+,34-/m0/s1. The molecule has 3 heterocycles. The Kier molecular flexibility index (Phi) is 9.77. The molecule has 0 saturated carbocycles. The Balaban J connectivity index is 1.37. The van der Waals surface area contributed by atoms with Crippen LogP contribution in [0.1, 0.15) is 30.1 Å². The molecule has 8 atom stereocenters. The van der Waals surface area contributed by atoms with Crippen LogP contribution in [-0.4, -0.2) is 114 Å². The van der Waals surface area contributed by atoms with Gasteiger partial charge >= 0.3 is 5.97 Å². The number of ether oxygens (including phenoxy) is 6. The molecule has 264 valence electrons. The molecule has 1 fully saturated rings. The first-order valence-electron chi connectivity index (χ1n) is 15.7. The lowest BCUT2D eigenvalue weighted by Crippen LogP contribution is -2.71. The molecule has 0 unspecified atom stereocenters. The van der Waals surface area contributed by atoms with Gasteiger partial charge in [-0.2, -0.15) is 0 Å².